The molecule has 0 N–H and O–H groups in total. The number of allylic oxidation sites excluding steroid dienone is 2. The molecule has 0 aromatic carbocycles. The predicted octanol–water partition coefficient (Wildman–Crippen LogP) is 7.75. The van der Waals surface area contributed by atoms with Crippen molar-refractivity contribution in [1.82, 2.24) is 0 Å². The SMILES string of the molecule is COC(=O)[C@]12CC[C@H](C)[C@H](C)[C@@H]1C1=CC[C@@H]3[C@]4(C)CC[C@H](OC(C)=O)C(C)(C)[C@@H]4CC[C@]3(C)[C@@]1(C)CC2. The van der Waals surface area contributed by atoms with E-state index in [-0.39, 0.29) is 45.1 Å². The first-order chi connectivity index (χ1) is 17.2. The highest BCUT2D eigenvalue weighted by atomic mass is 16.5. The highest BCUT2D eigenvalue weighted by Crippen LogP contribution is 2.76. The molecule has 0 aromatic heterocycles. The van der Waals surface area contributed by atoms with E-state index < -0.39 is 0 Å². The Morgan fingerprint density at radius 3 is 2.24 bits per heavy atom. The lowest BCUT2D eigenvalue weighted by Crippen LogP contribution is -2.65. The van der Waals surface area contributed by atoms with E-state index in [4.69, 9.17) is 9.47 Å². The van der Waals surface area contributed by atoms with Gasteiger partial charge in [0.1, 0.15) is 6.10 Å². The fourth-order valence-corrected chi connectivity index (χ4v) is 11.4. The number of carbonyl (C=O) groups is 2. The first kappa shape index (κ1) is 27.3. The van der Waals surface area contributed by atoms with Gasteiger partial charge in [-0.05, 0) is 104 Å². The molecular formula is C33H52O4. The van der Waals surface area contributed by atoms with Crippen molar-refractivity contribution >= 4 is 11.9 Å². The van der Waals surface area contributed by atoms with Crippen LogP contribution in [0.3, 0.4) is 0 Å². The largest absolute Gasteiger partial charge is 0.469 e. The van der Waals surface area contributed by atoms with Gasteiger partial charge in [-0.15, -0.1) is 0 Å². The molecule has 0 radical (unpaired) electrons. The minimum atomic E-state index is -0.347. The monoisotopic (exact) mass is 512 g/mol. The summed E-state index contributed by atoms with van der Waals surface area (Å²) < 4.78 is 11.4. The van der Waals surface area contributed by atoms with Gasteiger partial charge >= 0.3 is 11.9 Å². The summed E-state index contributed by atoms with van der Waals surface area (Å²) >= 11 is 0. The smallest absolute Gasteiger partial charge is 0.312 e. The highest BCUT2D eigenvalue weighted by molar-refractivity contribution is 5.78. The lowest BCUT2D eigenvalue weighted by atomic mass is 9.33. The Bertz CT molecular complexity index is 996. The van der Waals surface area contributed by atoms with Crippen LogP contribution in [0.2, 0.25) is 0 Å². The minimum absolute atomic E-state index is 0.0117. The number of carbonyl (C=O) groups excluding carboxylic acids is 2. The molecule has 10 atom stereocenters. The van der Waals surface area contributed by atoms with Crippen LogP contribution in [-0.4, -0.2) is 25.2 Å². The molecule has 5 rings (SSSR count). The van der Waals surface area contributed by atoms with Crippen molar-refractivity contribution in [2.24, 2.45) is 56.7 Å². The van der Waals surface area contributed by atoms with Crippen LogP contribution >= 0.6 is 0 Å². The van der Waals surface area contributed by atoms with Crippen LogP contribution in [0.1, 0.15) is 113 Å². The van der Waals surface area contributed by atoms with E-state index in [0.29, 0.717) is 29.6 Å². The molecule has 37 heavy (non-hydrogen) atoms. The Morgan fingerprint density at radius 2 is 1.59 bits per heavy atom. The summed E-state index contributed by atoms with van der Waals surface area (Å²) in [6.07, 6.45) is 12.4. The second-order valence-electron chi connectivity index (χ2n) is 15.3. The first-order valence-electron chi connectivity index (χ1n) is 15.2. The summed E-state index contributed by atoms with van der Waals surface area (Å²) in [6, 6.07) is 0. The number of ether oxygens (including phenoxy) is 2. The number of hydrogen-bond donors (Lipinski definition) is 0. The standard InChI is InChI=1S/C33H52O4/c1-20-12-17-33(28(35)36-9)19-18-31(7)23(27(33)21(20)2)10-11-25-30(6)15-14-26(37-22(3)34)29(4,5)24(30)13-16-32(25,31)8/h10,20-21,24-27H,11-19H2,1-9H3/t20-,21-,24-,25+,26-,27+,30+,31-,32-,33-/m0/s1. The number of rotatable bonds is 2. The van der Waals surface area contributed by atoms with Crippen molar-refractivity contribution < 1.29 is 19.1 Å². The molecule has 0 saturated heterocycles. The van der Waals surface area contributed by atoms with Gasteiger partial charge in [-0.2, -0.15) is 0 Å². The second kappa shape index (κ2) is 8.59. The number of esters is 2. The molecule has 5 aliphatic carbocycles. The predicted molar refractivity (Wildman–Crippen MR) is 147 cm³/mol. The molecule has 0 bridgehead atoms. The third kappa shape index (κ3) is 3.45. The minimum Gasteiger partial charge on any atom is -0.469 e. The van der Waals surface area contributed by atoms with Gasteiger partial charge in [0.15, 0.2) is 0 Å². The Balaban J connectivity index is 1.57. The lowest BCUT2D eigenvalue weighted by Gasteiger charge is -2.71. The second-order valence-corrected chi connectivity index (χ2v) is 15.3. The molecule has 208 valence electrons. The summed E-state index contributed by atoms with van der Waals surface area (Å²) in [6.45, 7) is 18.8. The van der Waals surface area contributed by atoms with Crippen LogP contribution < -0.4 is 0 Å². The molecule has 0 spiro atoms. The van der Waals surface area contributed by atoms with Crippen LogP contribution in [0.25, 0.3) is 0 Å². The van der Waals surface area contributed by atoms with Crippen molar-refractivity contribution in [3.05, 3.63) is 11.6 Å². The maximum atomic E-state index is 13.4. The topological polar surface area (TPSA) is 52.6 Å². The number of hydrogen-bond acceptors (Lipinski definition) is 4. The average molecular weight is 513 g/mol. The van der Waals surface area contributed by atoms with Crippen molar-refractivity contribution in [3.63, 3.8) is 0 Å². The van der Waals surface area contributed by atoms with E-state index in [1.165, 1.54) is 12.8 Å². The third-order valence-electron chi connectivity index (χ3n) is 13.8. The van der Waals surface area contributed by atoms with Gasteiger partial charge in [0.25, 0.3) is 0 Å². The van der Waals surface area contributed by atoms with Gasteiger partial charge in [-0.1, -0.05) is 60.1 Å². The van der Waals surface area contributed by atoms with Gasteiger partial charge in [0.05, 0.1) is 12.5 Å². The van der Waals surface area contributed by atoms with E-state index in [0.717, 1.165) is 44.9 Å². The molecule has 4 fully saturated rings. The molecule has 5 aliphatic rings. The fourth-order valence-electron chi connectivity index (χ4n) is 11.4. The zero-order valence-electron chi connectivity index (χ0n) is 25.0. The molecule has 0 heterocycles. The number of methoxy groups -OCH3 is 1. The van der Waals surface area contributed by atoms with Crippen LogP contribution in [0.5, 0.6) is 0 Å². The maximum absolute atomic E-state index is 13.4. The summed E-state index contributed by atoms with van der Waals surface area (Å²) in [5, 5.41) is 0. The molecule has 4 heteroatoms. The zero-order valence-corrected chi connectivity index (χ0v) is 25.0. The molecule has 0 aliphatic heterocycles. The van der Waals surface area contributed by atoms with Gasteiger partial charge in [0, 0.05) is 12.3 Å². The summed E-state index contributed by atoms with van der Waals surface area (Å²) in [4.78, 5) is 25.4. The van der Waals surface area contributed by atoms with Crippen molar-refractivity contribution in [3.8, 4) is 0 Å². The molecule has 0 unspecified atom stereocenters. The third-order valence-corrected chi connectivity index (χ3v) is 13.8. The maximum Gasteiger partial charge on any atom is 0.312 e. The van der Waals surface area contributed by atoms with E-state index in [2.05, 4.69) is 54.5 Å². The zero-order chi connectivity index (χ0) is 27.2. The molecule has 4 saturated carbocycles. The van der Waals surface area contributed by atoms with E-state index >= 15 is 0 Å². The molecule has 0 amide bonds. The molecular weight excluding hydrogens is 460 g/mol. The summed E-state index contributed by atoms with van der Waals surface area (Å²) in [5.41, 5.74) is 1.76. The van der Waals surface area contributed by atoms with Gasteiger partial charge in [-0.25, -0.2) is 0 Å². The number of fused-ring (bicyclic) bond motifs is 7. The van der Waals surface area contributed by atoms with Crippen LogP contribution in [0.4, 0.5) is 0 Å². The van der Waals surface area contributed by atoms with Crippen LogP contribution in [0.15, 0.2) is 11.6 Å². The van der Waals surface area contributed by atoms with E-state index in [1.54, 1.807) is 19.6 Å². The fraction of sp³-hybridized carbons (Fsp3) is 0.879. The molecule has 4 nitrogen and oxygen atoms in total. The average Bonchev–Trinajstić information content (AvgIpc) is 2.83. The Kier molecular flexibility index (Phi) is 6.33. The van der Waals surface area contributed by atoms with E-state index in [1.807, 2.05) is 0 Å². The highest BCUT2D eigenvalue weighted by Gasteiger charge is 2.69. The molecule has 0 aromatic rings. The Labute approximate surface area is 225 Å². The Morgan fingerprint density at radius 1 is 0.892 bits per heavy atom. The van der Waals surface area contributed by atoms with Gasteiger partial charge < -0.3 is 9.47 Å². The van der Waals surface area contributed by atoms with Gasteiger partial charge in [-0.3, -0.25) is 9.59 Å². The van der Waals surface area contributed by atoms with E-state index in [9.17, 15) is 9.59 Å². The van der Waals surface area contributed by atoms with Gasteiger partial charge in [0.2, 0.25) is 0 Å². The van der Waals surface area contributed by atoms with Crippen LogP contribution in [-0.2, 0) is 19.1 Å². The lowest BCUT2D eigenvalue weighted by molar-refractivity contribution is -0.214. The Hall–Kier alpha value is -1.32. The van der Waals surface area contributed by atoms with Crippen molar-refractivity contribution in [2.75, 3.05) is 7.11 Å². The quantitative estimate of drug-likeness (QED) is 0.280. The van der Waals surface area contributed by atoms with Crippen molar-refractivity contribution in [2.45, 2.75) is 119 Å². The normalized spacial score (nSPS) is 50.4. The first-order valence-corrected chi connectivity index (χ1v) is 15.2. The van der Waals surface area contributed by atoms with Crippen molar-refractivity contribution in [1.29, 1.82) is 0 Å². The summed E-state index contributed by atoms with van der Waals surface area (Å²) in [5.74, 6) is 2.45. The summed E-state index contributed by atoms with van der Waals surface area (Å²) in [7, 11) is 1.59. The van der Waals surface area contributed by atoms with Crippen LogP contribution in [0, 0.1) is 56.7 Å².